The number of carbonyl (C=O) groups excluding carboxylic acids is 1. The summed E-state index contributed by atoms with van der Waals surface area (Å²) in [6, 6.07) is 8.84. The van der Waals surface area contributed by atoms with Crippen LogP contribution in [0.5, 0.6) is 0 Å². The van der Waals surface area contributed by atoms with E-state index in [9.17, 15) is 31.2 Å². The molecule has 4 rings (SSSR count). The number of aromatic nitrogens is 1. The minimum Gasteiger partial charge on any atom is -0.461 e. The van der Waals surface area contributed by atoms with Crippen LogP contribution in [0.3, 0.4) is 0 Å². The molecule has 12 heteroatoms. The molecular formula is C22H21F3N2O6S. The summed E-state index contributed by atoms with van der Waals surface area (Å²) in [7, 11) is -3.70. The van der Waals surface area contributed by atoms with Crippen molar-refractivity contribution in [1.29, 1.82) is 0 Å². The summed E-state index contributed by atoms with van der Waals surface area (Å²) >= 11 is 0. The summed E-state index contributed by atoms with van der Waals surface area (Å²) in [6.45, 7) is 0.152. The minimum atomic E-state index is -4.58. The van der Waals surface area contributed by atoms with Gasteiger partial charge in [0.2, 0.25) is 10.0 Å². The van der Waals surface area contributed by atoms with Crippen LogP contribution in [0.1, 0.15) is 30.4 Å². The van der Waals surface area contributed by atoms with Crippen molar-refractivity contribution in [1.82, 2.24) is 8.87 Å². The van der Waals surface area contributed by atoms with Crippen LogP contribution in [0.4, 0.5) is 13.2 Å². The predicted molar refractivity (Wildman–Crippen MR) is 114 cm³/mol. The Balaban J connectivity index is 1.44. The second-order valence-corrected chi connectivity index (χ2v) is 9.76. The first-order valence-electron chi connectivity index (χ1n) is 10.5. The van der Waals surface area contributed by atoms with E-state index >= 15 is 0 Å². The highest BCUT2D eigenvalue weighted by Crippen LogP contribution is 2.32. The van der Waals surface area contributed by atoms with Gasteiger partial charge in [-0.2, -0.15) is 17.5 Å². The molecule has 0 aliphatic carbocycles. The van der Waals surface area contributed by atoms with Gasteiger partial charge < -0.3 is 9.15 Å². The number of carbonyl (C=O) groups is 1. The third kappa shape index (κ3) is 4.87. The maximum atomic E-state index is 13.1. The van der Waals surface area contributed by atoms with Crippen molar-refractivity contribution in [3.05, 3.63) is 64.1 Å². The molecule has 1 aliphatic rings. The number of fused-ring (bicyclic) bond motifs is 1. The van der Waals surface area contributed by atoms with Gasteiger partial charge in [0.25, 0.3) is 0 Å². The number of halogens is 3. The summed E-state index contributed by atoms with van der Waals surface area (Å²) in [5, 5.41) is 0. The highest BCUT2D eigenvalue weighted by molar-refractivity contribution is 7.89. The molecule has 3 aromatic rings. The number of hydrogen-bond acceptors (Lipinski definition) is 6. The molecule has 2 aromatic carbocycles. The molecule has 34 heavy (non-hydrogen) atoms. The summed E-state index contributed by atoms with van der Waals surface area (Å²) in [5.74, 6) is -1.59. The Bertz CT molecular complexity index is 1370. The van der Waals surface area contributed by atoms with E-state index in [4.69, 9.17) is 9.15 Å². The average molecular weight is 498 g/mol. The first-order valence-corrected chi connectivity index (χ1v) is 12.0. The molecule has 0 radical (unpaired) electrons. The van der Waals surface area contributed by atoms with Gasteiger partial charge in [-0.25, -0.2) is 13.2 Å². The van der Waals surface area contributed by atoms with Crippen molar-refractivity contribution in [2.75, 3.05) is 13.1 Å². The SMILES string of the molecule is O=C(CCn1c(=O)oc2cc(S(=O)(=O)N3CCCC3)ccc21)OCc1ccccc1C(F)(F)F. The summed E-state index contributed by atoms with van der Waals surface area (Å²) in [6.07, 6.45) is -3.31. The normalized spacial score (nSPS) is 15.1. The van der Waals surface area contributed by atoms with Crippen LogP contribution >= 0.6 is 0 Å². The van der Waals surface area contributed by atoms with Crippen molar-refractivity contribution in [3.8, 4) is 0 Å². The molecule has 182 valence electrons. The van der Waals surface area contributed by atoms with Crippen LogP contribution in [0.15, 0.2) is 56.6 Å². The number of esters is 1. The lowest BCUT2D eigenvalue weighted by Gasteiger charge is -2.15. The first-order chi connectivity index (χ1) is 16.1. The maximum Gasteiger partial charge on any atom is 0.419 e. The number of hydrogen-bond donors (Lipinski definition) is 0. The lowest BCUT2D eigenvalue weighted by Crippen LogP contribution is -2.27. The van der Waals surface area contributed by atoms with E-state index < -0.39 is 40.1 Å². The van der Waals surface area contributed by atoms with Gasteiger partial charge in [0.05, 0.1) is 22.4 Å². The Kier molecular flexibility index (Phi) is 6.54. The van der Waals surface area contributed by atoms with Gasteiger partial charge in [-0.15, -0.1) is 0 Å². The van der Waals surface area contributed by atoms with Crippen LogP contribution in [0.2, 0.25) is 0 Å². The van der Waals surface area contributed by atoms with Gasteiger partial charge >= 0.3 is 17.9 Å². The fraction of sp³-hybridized carbons (Fsp3) is 0.364. The molecule has 1 aliphatic heterocycles. The number of rotatable bonds is 7. The van der Waals surface area contributed by atoms with Crippen LogP contribution in [-0.4, -0.2) is 36.3 Å². The van der Waals surface area contributed by atoms with Crippen molar-refractivity contribution < 1.29 is 35.5 Å². The Morgan fingerprint density at radius 3 is 2.50 bits per heavy atom. The highest BCUT2D eigenvalue weighted by atomic mass is 32.2. The van der Waals surface area contributed by atoms with E-state index in [-0.39, 0.29) is 29.0 Å². The molecule has 0 atom stereocenters. The van der Waals surface area contributed by atoms with Crippen molar-refractivity contribution in [3.63, 3.8) is 0 Å². The Hall–Kier alpha value is -3.12. The van der Waals surface area contributed by atoms with Crippen LogP contribution < -0.4 is 5.76 Å². The lowest BCUT2D eigenvalue weighted by molar-refractivity contribution is -0.148. The third-order valence-corrected chi connectivity index (χ3v) is 7.49. The molecule has 1 fully saturated rings. The van der Waals surface area contributed by atoms with E-state index in [1.807, 2.05) is 0 Å². The summed E-state index contributed by atoms with van der Waals surface area (Å²) < 4.78 is 77.3. The number of nitrogens with zero attached hydrogens (tertiary/aromatic N) is 2. The van der Waals surface area contributed by atoms with Crippen molar-refractivity contribution >= 4 is 27.1 Å². The summed E-state index contributed by atoms with van der Waals surface area (Å²) in [5.41, 5.74) is -0.723. The topological polar surface area (TPSA) is 98.8 Å². The quantitative estimate of drug-likeness (QED) is 0.462. The highest BCUT2D eigenvalue weighted by Gasteiger charge is 2.33. The van der Waals surface area contributed by atoms with Gasteiger partial charge in [-0.05, 0) is 31.0 Å². The Labute approximate surface area is 192 Å². The third-order valence-electron chi connectivity index (χ3n) is 5.59. The van der Waals surface area contributed by atoms with Crippen molar-refractivity contribution in [2.24, 2.45) is 0 Å². The zero-order chi connectivity index (χ0) is 24.5. The monoisotopic (exact) mass is 498 g/mol. The fourth-order valence-electron chi connectivity index (χ4n) is 3.85. The zero-order valence-corrected chi connectivity index (χ0v) is 18.7. The van der Waals surface area contributed by atoms with E-state index in [2.05, 4.69) is 0 Å². The van der Waals surface area contributed by atoms with Gasteiger partial charge in [-0.1, -0.05) is 18.2 Å². The number of sulfonamides is 1. The molecule has 0 saturated carbocycles. The molecule has 0 N–H and O–H groups in total. The van der Waals surface area contributed by atoms with E-state index in [0.717, 1.165) is 23.5 Å². The van der Waals surface area contributed by atoms with Crippen LogP contribution in [-0.2, 0) is 38.9 Å². The molecule has 0 amide bonds. The number of benzene rings is 2. The number of alkyl halides is 3. The minimum absolute atomic E-state index is 0.00513. The molecular weight excluding hydrogens is 477 g/mol. The second-order valence-electron chi connectivity index (χ2n) is 7.83. The van der Waals surface area contributed by atoms with Crippen LogP contribution in [0, 0.1) is 0 Å². The number of ether oxygens (including phenoxy) is 1. The zero-order valence-electron chi connectivity index (χ0n) is 17.9. The smallest absolute Gasteiger partial charge is 0.419 e. The molecule has 8 nitrogen and oxygen atoms in total. The number of oxazole rings is 1. The molecule has 0 bridgehead atoms. The molecule has 2 heterocycles. The fourth-order valence-corrected chi connectivity index (χ4v) is 5.39. The summed E-state index contributed by atoms with van der Waals surface area (Å²) in [4.78, 5) is 24.4. The maximum absolute atomic E-state index is 13.1. The van der Waals surface area contributed by atoms with Gasteiger partial charge in [0.1, 0.15) is 6.61 Å². The standard InChI is InChI=1S/C22H21F3N2O6S/c23-22(24,25)17-6-2-1-5-15(17)14-32-20(28)9-12-27-18-8-7-16(13-19(18)33-21(27)29)34(30,31)26-10-3-4-11-26/h1-2,5-8,13H,3-4,9-12,14H2. The van der Waals surface area contributed by atoms with Gasteiger partial charge in [0, 0.05) is 31.3 Å². The van der Waals surface area contributed by atoms with Crippen molar-refractivity contribution in [2.45, 2.75) is 43.5 Å². The lowest BCUT2D eigenvalue weighted by atomic mass is 10.1. The van der Waals surface area contributed by atoms with Crippen LogP contribution in [0.25, 0.3) is 11.1 Å². The average Bonchev–Trinajstić information content (AvgIpc) is 3.43. The first kappa shape index (κ1) is 24.0. The second kappa shape index (κ2) is 9.26. The number of aryl methyl sites for hydroxylation is 1. The Morgan fingerprint density at radius 2 is 1.79 bits per heavy atom. The van der Waals surface area contributed by atoms with Gasteiger partial charge in [0.15, 0.2) is 5.58 Å². The predicted octanol–water partition coefficient (Wildman–Crippen LogP) is 3.53. The molecule has 1 saturated heterocycles. The van der Waals surface area contributed by atoms with E-state index in [0.29, 0.717) is 18.6 Å². The largest absolute Gasteiger partial charge is 0.461 e. The van der Waals surface area contributed by atoms with E-state index in [1.54, 1.807) is 0 Å². The van der Waals surface area contributed by atoms with Gasteiger partial charge in [-0.3, -0.25) is 9.36 Å². The molecule has 0 spiro atoms. The molecule has 0 unspecified atom stereocenters. The Morgan fingerprint density at radius 1 is 1.09 bits per heavy atom. The van der Waals surface area contributed by atoms with E-state index in [1.165, 1.54) is 40.7 Å². The molecule has 1 aromatic heterocycles.